The predicted molar refractivity (Wildman–Crippen MR) is 76.3 cm³/mol. The lowest BCUT2D eigenvalue weighted by Crippen LogP contribution is -1.92. The standard InChI is InChI=1S/C14H11BrClFO2/c1-8(18)9-2-5-14(12(16)6-9)19-10-3-4-13(17)11(15)7-10/h2-8,18H,1H3. The number of aliphatic hydroxyl groups is 1. The highest BCUT2D eigenvalue weighted by Gasteiger charge is 2.08. The molecular weight excluding hydrogens is 335 g/mol. The van der Waals surface area contributed by atoms with Gasteiger partial charge in [0.25, 0.3) is 0 Å². The molecule has 0 fully saturated rings. The lowest BCUT2D eigenvalue weighted by molar-refractivity contribution is 0.199. The van der Waals surface area contributed by atoms with Crippen molar-refractivity contribution >= 4 is 27.5 Å². The highest BCUT2D eigenvalue weighted by atomic mass is 79.9. The molecular formula is C14H11BrClFO2. The minimum Gasteiger partial charge on any atom is -0.456 e. The number of benzene rings is 2. The normalized spacial score (nSPS) is 12.3. The van der Waals surface area contributed by atoms with Gasteiger partial charge >= 0.3 is 0 Å². The molecule has 0 bridgehead atoms. The average Bonchev–Trinajstić information content (AvgIpc) is 2.36. The van der Waals surface area contributed by atoms with Gasteiger partial charge in [-0.1, -0.05) is 17.7 Å². The van der Waals surface area contributed by atoms with E-state index in [0.29, 0.717) is 26.6 Å². The molecule has 1 atom stereocenters. The van der Waals surface area contributed by atoms with Gasteiger partial charge in [0.05, 0.1) is 15.6 Å². The Bertz CT molecular complexity index is 602. The maximum atomic E-state index is 13.1. The number of halogens is 3. The molecule has 2 rings (SSSR count). The van der Waals surface area contributed by atoms with Crippen LogP contribution in [0.25, 0.3) is 0 Å². The molecule has 1 N–H and O–H groups in total. The van der Waals surface area contributed by atoms with Crippen LogP contribution in [0.4, 0.5) is 4.39 Å². The second-order valence-electron chi connectivity index (χ2n) is 4.04. The summed E-state index contributed by atoms with van der Waals surface area (Å²) in [4.78, 5) is 0. The van der Waals surface area contributed by atoms with Crippen LogP contribution >= 0.6 is 27.5 Å². The summed E-state index contributed by atoms with van der Waals surface area (Å²) in [5.74, 6) is 0.562. The van der Waals surface area contributed by atoms with Crippen LogP contribution in [0, 0.1) is 5.82 Å². The molecule has 100 valence electrons. The fourth-order valence-electron chi connectivity index (χ4n) is 1.53. The van der Waals surface area contributed by atoms with Crippen LogP contribution in [-0.4, -0.2) is 5.11 Å². The molecule has 0 amide bonds. The summed E-state index contributed by atoms with van der Waals surface area (Å²) < 4.78 is 19.0. The number of hydrogen-bond acceptors (Lipinski definition) is 2. The molecule has 0 heterocycles. The summed E-state index contributed by atoms with van der Waals surface area (Å²) in [7, 11) is 0. The van der Waals surface area contributed by atoms with E-state index in [1.807, 2.05) is 0 Å². The van der Waals surface area contributed by atoms with Gasteiger partial charge in [0, 0.05) is 0 Å². The highest BCUT2D eigenvalue weighted by molar-refractivity contribution is 9.10. The molecule has 1 unspecified atom stereocenters. The Morgan fingerprint density at radius 1 is 1.26 bits per heavy atom. The summed E-state index contributed by atoms with van der Waals surface area (Å²) >= 11 is 9.16. The Balaban J connectivity index is 2.25. The summed E-state index contributed by atoms with van der Waals surface area (Å²) in [6.45, 7) is 1.66. The number of hydrogen-bond donors (Lipinski definition) is 1. The van der Waals surface area contributed by atoms with E-state index in [1.165, 1.54) is 18.2 Å². The van der Waals surface area contributed by atoms with Gasteiger partial charge in [0.1, 0.15) is 17.3 Å². The molecule has 0 radical (unpaired) electrons. The molecule has 0 aliphatic carbocycles. The Hall–Kier alpha value is -1.10. The zero-order chi connectivity index (χ0) is 14.0. The van der Waals surface area contributed by atoms with Gasteiger partial charge in [0.2, 0.25) is 0 Å². The first-order valence-corrected chi connectivity index (χ1v) is 6.75. The van der Waals surface area contributed by atoms with E-state index >= 15 is 0 Å². The maximum absolute atomic E-state index is 13.1. The van der Waals surface area contributed by atoms with Gasteiger partial charge in [-0.05, 0) is 58.7 Å². The quantitative estimate of drug-likeness (QED) is 0.840. The average molecular weight is 346 g/mol. The monoisotopic (exact) mass is 344 g/mol. The van der Waals surface area contributed by atoms with Crippen molar-refractivity contribution in [3.05, 3.63) is 57.3 Å². The van der Waals surface area contributed by atoms with E-state index in [1.54, 1.807) is 25.1 Å². The van der Waals surface area contributed by atoms with Crippen LogP contribution < -0.4 is 4.74 Å². The molecule has 2 nitrogen and oxygen atoms in total. The minimum absolute atomic E-state index is 0.321. The predicted octanol–water partition coefficient (Wildman–Crippen LogP) is 5.09. The zero-order valence-corrected chi connectivity index (χ0v) is 12.4. The third kappa shape index (κ3) is 3.47. The molecule has 0 saturated carbocycles. The van der Waals surface area contributed by atoms with Gasteiger partial charge in [-0.15, -0.1) is 0 Å². The van der Waals surface area contributed by atoms with Crippen molar-refractivity contribution in [1.82, 2.24) is 0 Å². The van der Waals surface area contributed by atoms with Crippen LogP contribution in [-0.2, 0) is 0 Å². The Labute approximate surface area is 123 Å². The number of rotatable bonds is 3. The zero-order valence-electron chi connectivity index (χ0n) is 10.0. The molecule has 0 aliphatic heterocycles. The number of aliphatic hydroxyl groups excluding tert-OH is 1. The molecule has 2 aromatic rings. The van der Waals surface area contributed by atoms with Gasteiger partial charge in [-0.25, -0.2) is 4.39 Å². The summed E-state index contributed by atoms with van der Waals surface area (Å²) in [6, 6.07) is 9.37. The van der Waals surface area contributed by atoms with Crippen LogP contribution in [0.3, 0.4) is 0 Å². The van der Waals surface area contributed by atoms with Crippen molar-refractivity contribution < 1.29 is 14.2 Å². The third-order valence-corrected chi connectivity index (χ3v) is 3.46. The molecule has 0 aliphatic rings. The second-order valence-corrected chi connectivity index (χ2v) is 5.31. The van der Waals surface area contributed by atoms with Crippen LogP contribution in [0.5, 0.6) is 11.5 Å². The van der Waals surface area contributed by atoms with Crippen molar-refractivity contribution in [2.75, 3.05) is 0 Å². The van der Waals surface area contributed by atoms with Crippen molar-refractivity contribution in [2.45, 2.75) is 13.0 Å². The topological polar surface area (TPSA) is 29.5 Å². The van der Waals surface area contributed by atoms with Crippen LogP contribution in [0.1, 0.15) is 18.6 Å². The molecule has 0 spiro atoms. The SMILES string of the molecule is CC(O)c1ccc(Oc2ccc(F)c(Br)c2)c(Cl)c1. The van der Waals surface area contributed by atoms with Crippen molar-refractivity contribution in [2.24, 2.45) is 0 Å². The van der Waals surface area contributed by atoms with E-state index in [2.05, 4.69) is 15.9 Å². The maximum Gasteiger partial charge on any atom is 0.146 e. The highest BCUT2D eigenvalue weighted by Crippen LogP contribution is 2.33. The summed E-state index contributed by atoms with van der Waals surface area (Å²) in [6.07, 6.45) is -0.591. The molecule has 19 heavy (non-hydrogen) atoms. The van der Waals surface area contributed by atoms with Crippen molar-refractivity contribution in [1.29, 1.82) is 0 Å². The fraction of sp³-hybridized carbons (Fsp3) is 0.143. The van der Waals surface area contributed by atoms with E-state index in [9.17, 15) is 9.50 Å². The largest absolute Gasteiger partial charge is 0.456 e. The summed E-state index contributed by atoms with van der Waals surface area (Å²) in [5, 5.41) is 9.84. The molecule has 0 saturated heterocycles. The van der Waals surface area contributed by atoms with Gasteiger partial charge in [-0.2, -0.15) is 0 Å². The van der Waals surface area contributed by atoms with E-state index in [4.69, 9.17) is 16.3 Å². The molecule has 5 heteroatoms. The Morgan fingerprint density at radius 3 is 2.58 bits per heavy atom. The third-order valence-electron chi connectivity index (χ3n) is 2.56. The lowest BCUT2D eigenvalue weighted by Gasteiger charge is -2.11. The lowest BCUT2D eigenvalue weighted by atomic mass is 10.1. The van der Waals surface area contributed by atoms with Crippen LogP contribution in [0.2, 0.25) is 5.02 Å². The van der Waals surface area contributed by atoms with Crippen LogP contribution in [0.15, 0.2) is 40.9 Å². The van der Waals surface area contributed by atoms with Gasteiger partial charge in [0.15, 0.2) is 0 Å². The van der Waals surface area contributed by atoms with Crippen molar-refractivity contribution in [3.8, 4) is 11.5 Å². The Kier molecular flexibility index (Phi) is 4.45. The van der Waals surface area contributed by atoms with Gasteiger partial charge in [-0.3, -0.25) is 0 Å². The Morgan fingerprint density at radius 2 is 2.00 bits per heavy atom. The van der Waals surface area contributed by atoms with E-state index < -0.39 is 6.10 Å². The van der Waals surface area contributed by atoms with E-state index in [-0.39, 0.29) is 5.82 Å². The number of ether oxygens (including phenoxy) is 1. The first-order chi connectivity index (χ1) is 8.97. The first kappa shape index (κ1) is 14.3. The van der Waals surface area contributed by atoms with E-state index in [0.717, 1.165) is 0 Å². The minimum atomic E-state index is -0.591. The smallest absolute Gasteiger partial charge is 0.146 e. The van der Waals surface area contributed by atoms with Crippen molar-refractivity contribution in [3.63, 3.8) is 0 Å². The molecule has 0 aromatic heterocycles. The fourth-order valence-corrected chi connectivity index (χ4v) is 2.11. The second kappa shape index (κ2) is 5.90. The molecule has 2 aromatic carbocycles. The van der Waals surface area contributed by atoms with Gasteiger partial charge < -0.3 is 9.84 Å². The first-order valence-electron chi connectivity index (χ1n) is 5.58. The summed E-state index contributed by atoms with van der Waals surface area (Å²) in [5.41, 5.74) is 0.706.